The molecule has 160 valence electrons. The molecule has 1 saturated carbocycles. The normalized spacial score (nSPS) is 13.6. The first-order valence-corrected chi connectivity index (χ1v) is 10.6. The second kappa shape index (κ2) is 11.2. The maximum Gasteiger partial charge on any atom is 0.227 e. The number of para-hydroxylation sites is 1. The third-order valence-corrected chi connectivity index (χ3v) is 4.72. The SMILES string of the molecule is CCNC(=NCc1ccccc1OCC1CC1)NCCC(=O)Nc1ccc(C)cn1. The molecule has 7 nitrogen and oxygen atoms in total. The van der Waals surface area contributed by atoms with Crippen LogP contribution >= 0.6 is 0 Å². The highest BCUT2D eigenvalue weighted by Gasteiger charge is 2.22. The van der Waals surface area contributed by atoms with Crippen molar-refractivity contribution in [3.8, 4) is 5.75 Å². The number of carbonyl (C=O) groups is 1. The molecule has 1 aromatic carbocycles. The Kier molecular flexibility index (Phi) is 8.06. The van der Waals surface area contributed by atoms with Crippen molar-refractivity contribution in [2.45, 2.75) is 39.7 Å². The van der Waals surface area contributed by atoms with Gasteiger partial charge in [0.2, 0.25) is 5.91 Å². The number of ether oxygens (including phenoxy) is 1. The van der Waals surface area contributed by atoms with Gasteiger partial charge in [-0.2, -0.15) is 0 Å². The molecule has 0 radical (unpaired) electrons. The molecule has 3 rings (SSSR count). The van der Waals surface area contributed by atoms with Crippen molar-refractivity contribution in [3.05, 3.63) is 53.7 Å². The summed E-state index contributed by atoms with van der Waals surface area (Å²) in [7, 11) is 0. The maximum atomic E-state index is 12.1. The molecule has 7 heteroatoms. The standard InChI is InChI=1S/C23H31N5O2/c1-3-24-23(25-13-12-22(29)28-21-11-8-17(2)14-26-21)27-15-19-6-4-5-7-20(19)30-16-18-9-10-18/h4-8,11,14,18H,3,9-10,12-13,15-16H2,1-2H3,(H2,24,25,27)(H,26,28,29). The van der Waals surface area contributed by atoms with Gasteiger partial charge in [-0.15, -0.1) is 0 Å². The van der Waals surface area contributed by atoms with Gasteiger partial charge in [0.25, 0.3) is 0 Å². The van der Waals surface area contributed by atoms with Gasteiger partial charge >= 0.3 is 0 Å². The second-order valence-corrected chi connectivity index (χ2v) is 7.50. The molecule has 0 bridgehead atoms. The maximum absolute atomic E-state index is 12.1. The number of aromatic nitrogens is 1. The molecule has 0 saturated heterocycles. The lowest BCUT2D eigenvalue weighted by atomic mass is 10.2. The van der Waals surface area contributed by atoms with Crippen LogP contribution in [-0.4, -0.2) is 36.5 Å². The van der Waals surface area contributed by atoms with Crippen molar-refractivity contribution in [3.63, 3.8) is 0 Å². The van der Waals surface area contributed by atoms with Gasteiger partial charge in [0, 0.05) is 31.3 Å². The summed E-state index contributed by atoms with van der Waals surface area (Å²) in [6.45, 7) is 6.48. The van der Waals surface area contributed by atoms with Crippen molar-refractivity contribution < 1.29 is 9.53 Å². The summed E-state index contributed by atoms with van der Waals surface area (Å²) in [5.41, 5.74) is 2.11. The number of hydrogen-bond acceptors (Lipinski definition) is 4. The Morgan fingerprint density at radius 1 is 1.20 bits per heavy atom. The first-order chi connectivity index (χ1) is 14.6. The molecule has 1 amide bonds. The van der Waals surface area contributed by atoms with Crippen molar-refractivity contribution in [2.24, 2.45) is 10.9 Å². The Morgan fingerprint density at radius 2 is 2.03 bits per heavy atom. The number of hydrogen-bond donors (Lipinski definition) is 3. The summed E-state index contributed by atoms with van der Waals surface area (Å²) in [6, 6.07) is 11.7. The fourth-order valence-electron chi connectivity index (χ4n) is 2.81. The quantitative estimate of drug-likeness (QED) is 0.414. The number of aliphatic imine (C=N–C) groups is 1. The minimum absolute atomic E-state index is 0.0893. The number of aryl methyl sites for hydroxylation is 1. The molecule has 30 heavy (non-hydrogen) atoms. The van der Waals surface area contributed by atoms with Gasteiger partial charge in [-0.25, -0.2) is 9.98 Å². The van der Waals surface area contributed by atoms with Crippen molar-refractivity contribution in [1.82, 2.24) is 15.6 Å². The first-order valence-electron chi connectivity index (χ1n) is 10.6. The number of guanidine groups is 1. The molecule has 1 heterocycles. The number of nitrogens with one attached hydrogen (secondary N) is 3. The fraction of sp³-hybridized carbons (Fsp3) is 0.435. The van der Waals surface area contributed by atoms with E-state index in [9.17, 15) is 4.79 Å². The Morgan fingerprint density at radius 3 is 2.77 bits per heavy atom. The lowest BCUT2D eigenvalue weighted by molar-refractivity contribution is -0.116. The summed E-state index contributed by atoms with van der Waals surface area (Å²) in [6.07, 6.45) is 4.59. The van der Waals surface area contributed by atoms with E-state index in [1.54, 1.807) is 12.3 Å². The van der Waals surface area contributed by atoms with Crippen LogP contribution in [0.4, 0.5) is 5.82 Å². The van der Waals surface area contributed by atoms with Crippen LogP contribution in [0.5, 0.6) is 5.75 Å². The van der Waals surface area contributed by atoms with Crippen molar-refractivity contribution in [1.29, 1.82) is 0 Å². The van der Waals surface area contributed by atoms with Gasteiger partial charge in [-0.1, -0.05) is 24.3 Å². The summed E-state index contributed by atoms with van der Waals surface area (Å²) in [5, 5.41) is 9.23. The topological polar surface area (TPSA) is 87.6 Å². The monoisotopic (exact) mass is 409 g/mol. The molecule has 1 fully saturated rings. The fourth-order valence-corrected chi connectivity index (χ4v) is 2.81. The molecule has 0 aliphatic heterocycles. The van der Waals surface area contributed by atoms with Gasteiger partial charge in [0.1, 0.15) is 11.6 Å². The molecular formula is C23H31N5O2. The van der Waals surface area contributed by atoms with Crippen LogP contribution in [0.3, 0.4) is 0 Å². The Labute approximate surface area is 178 Å². The van der Waals surface area contributed by atoms with Crippen LogP contribution in [0, 0.1) is 12.8 Å². The molecule has 0 atom stereocenters. The van der Waals surface area contributed by atoms with E-state index in [0.29, 0.717) is 37.2 Å². The summed E-state index contributed by atoms with van der Waals surface area (Å²) >= 11 is 0. The number of rotatable bonds is 10. The highest BCUT2D eigenvalue weighted by molar-refractivity contribution is 5.90. The van der Waals surface area contributed by atoms with Crippen molar-refractivity contribution >= 4 is 17.7 Å². The zero-order valence-electron chi connectivity index (χ0n) is 17.8. The lowest BCUT2D eigenvalue weighted by Crippen LogP contribution is -2.38. The molecule has 0 unspecified atom stereocenters. The predicted octanol–water partition coefficient (Wildman–Crippen LogP) is 3.26. The van der Waals surface area contributed by atoms with Gasteiger partial charge in [-0.3, -0.25) is 4.79 Å². The molecule has 3 N–H and O–H groups in total. The van der Waals surface area contributed by atoms with E-state index in [0.717, 1.165) is 30.0 Å². The number of anilines is 1. The number of carbonyl (C=O) groups excluding carboxylic acids is 1. The van der Waals surface area contributed by atoms with Crippen molar-refractivity contribution in [2.75, 3.05) is 25.0 Å². The number of nitrogens with zero attached hydrogens (tertiary/aromatic N) is 2. The molecule has 1 aliphatic rings. The number of benzene rings is 1. The average Bonchev–Trinajstić information content (AvgIpc) is 3.57. The highest BCUT2D eigenvalue weighted by atomic mass is 16.5. The second-order valence-electron chi connectivity index (χ2n) is 7.50. The largest absolute Gasteiger partial charge is 0.493 e. The number of pyridine rings is 1. The van der Waals surface area contributed by atoms with Gasteiger partial charge in [0.05, 0.1) is 13.2 Å². The minimum Gasteiger partial charge on any atom is -0.493 e. The third-order valence-electron chi connectivity index (χ3n) is 4.72. The first kappa shape index (κ1) is 21.6. The molecule has 1 aliphatic carbocycles. The lowest BCUT2D eigenvalue weighted by Gasteiger charge is -2.13. The molecule has 1 aromatic heterocycles. The zero-order valence-corrected chi connectivity index (χ0v) is 17.8. The van der Waals surface area contributed by atoms with Crippen LogP contribution in [0.2, 0.25) is 0 Å². The third kappa shape index (κ3) is 7.39. The molecular weight excluding hydrogens is 378 g/mol. The molecule has 0 spiro atoms. The van der Waals surface area contributed by atoms with E-state index in [4.69, 9.17) is 4.74 Å². The average molecular weight is 410 g/mol. The molecule has 2 aromatic rings. The van der Waals surface area contributed by atoms with Gasteiger partial charge in [-0.05, 0) is 50.3 Å². The highest BCUT2D eigenvalue weighted by Crippen LogP contribution is 2.30. The number of amides is 1. The van der Waals surface area contributed by atoms with E-state index in [1.807, 2.05) is 44.2 Å². The van der Waals surface area contributed by atoms with Crippen LogP contribution in [0.25, 0.3) is 0 Å². The van der Waals surface area contributed by atoms with Crippen LogP contribution in [-0.2, 0) is 11.3 Å². The summed E-state index contributed by atoms with van der Waals surface area (Å²) in [4.78, 5) is 21.0. The van der Waals surface area contributed by atoms with Gasteiger partial charge in [0.15, 0.2) is 5.96 Å². The van der Waals surface area contributed by atoms with Crippen LogP contribution in [0.15, 0.2) is 47.6 Å². The van der Waals surface area contributed by atoms with E-state index < -0.39 is 0 Å². The smallest absolute Gasteiger partial charge is 0.227 e. The predicted molar refractivity (Wildman–Crippen MR) is 120 cm³/mol. The van der Waals surface area contributed by atoms with Crippen LogP contribution < -0.4 is 20.7 Å². The van der Waals surface area contributed by atoms with Crippen LogP contribution in [0.1, 0.15) is 37.3 Å². The van der Waals surface area contributed by atoms with E-state index in [1.165, 1.54) is 12.8 Å². The summed E-state index contributed by atoms with van der Waals surface area (Å²) in [5.74, 6) is 2.76. The Hall–Kier alpha value is -3.09. The van der Waals surface area contributed by atoms with Gasteiger partial charge < -0.3 is 20.7 Å². The Bertz CT molecular complexity index is 847. The zero-order chi connectivity index (χ0) is 21.2. The minimum atomic E-state index is -0.0893. The Balaban J connectivity index is 1.48. The van der Waals surface area contributed by atoms with E-state index in [-0.39, 0.29) is 5.91 Å². The van der Waals surface area contributed by atoms with E-state index >= 15 is 0 Å². The van der Waals surface area contributed by atoms with E-state index in [2.05, 4.69) is 25.9 Å². The summed E-state index contributed by atoms with van der Waals surface area (Å²) < 4.78 is 5.96.